The van der Waals surface area contributed by atoms with Gasteiger partial charge in [0.2, 0.25) is 0 Å². The Hall–Kier alpha value is -2.55. The third kappa shape index (κ3) is 6.83. The molecule has 1 aromatic rings. The molecule has 2 amide bonds. The van der Waals surface area contributed by atoms with Crippen molar-refractivity contribution in [2.45, 2.75) is 32.8 Å². The first-order valence-corrected chi connectivity index (χ1v) is 7.45. The van der Waals surface area contributed by atoms with Gasteiger partial charge >= 0.3 is 6.09 Å². The van der Waals surface area contributed by atoms with E-state index in [0.717, 1.165) is 0 Å². The highest BCUT2D eigenvalue weighted by Crippen LogP contribution is 2.09. The molecule has 1 rings (SSSR count). The average molecular weight is 317 g/mol. The van der Waals surface area contributed by atoms with E-state index in [2.05, 4.69) is 5.32 Å². The summed E-state index contributed by atoms with van der Waals surface area (Å²) >= 11 is 0. The smallest absolute Gasteiger partial charge is 0.410 e. The van der Waals surface area contributed by atoms with Crippen LogP contribution in [0.1, 0.15) is 43.1 Å². The molecule has 6 nitrogen and oxygen atoms in total. The Labute approximate surface area is 137 Å². The Bertz CT molecular complexity index is 583. The number of benzene rings is 1. The minimum absolute atomic E-state index is 0.200. The van der Waals surface area contributed by atoms with Crippen molar-refractivity contribution in [3.05, 3.63) is 35.4 Å². The highest BCUT2D eigenvalue weighted by atomic mass is 16.6. The molecule has 1 aromatic carbocycles. The zero-order chi connectivity index (χ0) is 17.5. The highest BCUT2D eigenvalue weighted by Gasteiger charge is 2.19. The summed E-state index contributed by atoms with van der Waals surface area (Å²) in [6, 6.07) is 8.43. The third-order valence-electron chi connectivity index (χ3n) is 2.94. The van der Waals surface area contributed by atoms with Crippen LogP contribution >= 0.6 is 0 Å². The van der Waals surface area contributed by atoms with Crippen LogP contribution < -0.4 is 5.32 Å². The van der Waals surface area contributed by atoms with Gasteiger partial charge in [0.05, 0.1) is 11.6 Å². The van der Waals surface area contributed by atoms with Crippen molar-refractivity contribution in [1.29, 1.82) is 5.26 Å². The van der Waals surface area contributed by atoms with Gasteiger partial charge in [-0.3, -0.25) is 4.79 Å². The summed E-state index contributed by atoms with van der Waals surface area (Å²) in [4.78, 5) is 25.2. The molecule has 0 saturated heterocycles. The number of carbonyl (C=O) groups is 2. The Balaban J connectivity index is 2.32. The summed E-state index contributed by atoms with van der Waals surface area (Å²) < 4.78 is 5.24. The fourth-order valence-electron chi connectivity index (χ4n) is 1.75. The maximum atomic E-state index is 11.9. The maximum absolute atomic E-state index is 11.9. The Kier molecular flexibility index (Phi) is 6.58. The van der Waals surface area contributed by atoms with Gasteiger partial charge < -0.3 is 15.0 Å². The molecule has 0 heterocycles. The van der Waals surface area contributed by atoms with Crippen molar-refractivity contribution in [1.82, 2.24) is 10.2 Å². The zero-order valence-electron chi connectivity index (χ0n) is 14.0. The maximum Gasteiger partial charge on any atom is 0.410 e. The quantitative estimate of drug-likeness (QED) is 0.846. The number of rotatable bonds is 5. The van der Waals surface area contributed by atoms with Crippen molar-refractivity contribution in [2.75, 3.05) is 20.1 Å². The topological polar surface area (TPSA) is 82.4 Å². The highest BCUT2D eigenvalue weighted by molar-refractivity contribution is 5.94. The molecule has 0 aliphatic carbocycles. The van der Waals surface area contributed by atoms with Gasteiger partial charge in [-0.15, -0.1) is 0 Å². The van der Waals surface area contributed by atoms with Crippen LogP contribution in [0.4, 0.5) is 4.79 Å². The third-order valence-corrected chi connectivity index (χ3v) is 2.94. The molecule has 0 aliphatic rings. The number of ether oxygens (including phenoxy) is 1. The molecule has 0 radical (unpaired) electrons. The average Bonchev–Trinajstić information content (AvgIpc) is 2.49. The van der Waals surface area contributed by atoms with Crippen LogP contribution in [0.15, 0.2) is 24.3 Å². The second kappa shape index (κ2) is 8.18. The number of nitrogens with zero attached hydrogens (tertiary/aromatic N) is 2. The van der Waals surface area contributed by atoms with E-state index in [1.807, 2.05) is 26.8 Å². The first-order chi connectivity index (χ1) is 10.7. The number of hydrogen-bond donors (Lipinski definition) is 1. The summed E-state index contributed by atoms with van der Waals surface area (Å²) in [5.41, 5.74) is 0.500. The lowest BCUT2D eigenvalue weighted by Gasteiger charge is -2.24. The van der Waals surface area contributed by atoms with Crippen molar-refractivity contribution in [3.63, 3.8) is 0 Å². The van der Waals surface area contributed by atoms with Crippen LogP contribution in [0, 0.1) is 11.3 Å². The lowest BCUT2D eigenvalue weighted by atomic mass is 10.1. The summed E-state index contributed by atoms with van der Waals surface area (Å²) in [7, 11) is 1.66. The Morgan fingerprint density at radius 1 is 1.26 bits per heavy atom. The van der Waals surface area contributed by atoms with Gasteiger partial charge in [-0.1, -0.05) is 0 Å². The molecule has 6 heteroatoms. The number of carbonyl (C=O) groups excluding carboxylic acids is 2. The van der Waals surface area contributed by atoms with E-state index in [9.17, 15) is 9.59 Å². The second-order valence-electron chi connectivity index (χ2n) is 6.20. The molecular weight excluding hydrogens is 294 g/mol. The zero-order valence-corrected chi connectivity index (χ0v) is 14.0. The molecule has 1 N–H and O–H groups in total. The van der Waals surface area contributed by atoms with Crippen molar-refractivity contribution < 1.29 is 14.3 Å². The van der Waals surface area contributed by atoms with Crippen LogP contribution in [0.2, 0.25) is 0 Å². The largest absolute Gasteiger partial charge is 0.444 e. The van der Waals surface area contributed by atoms with Crippen molar-refractivity contribution in [3.8, 4) is 6.07 Å². The molecule has 0 unspecified atom stereocenters. The van der Waals surface area contributed by atoms with E-state index >= 15 is 0 Å². The lowest BCUT2D eigenvalue weighted by Crippen LogP contribution is -2.36. The first-order valence-electron chi connectivity index (χ1n) is 7.45. The molecule has 0 aromatic heterocycles. The van der Waals surface area contributed by atoms with Crippen LogP contribution in [0.3, 0.4) is 0 Å². The fourth-order valence-corrected chi connectivity index (χ4v) is 1.75. The number of hydrogen-bond acceptors (Lipinski definition) is 4. The molecule has 0 fully saturated rings. The normalized spacial score (nSPS) is 10.6. The van der Waals surface area contributed by atoms with Crippen molar-refractivity contribution in [2.24, 2.45) is 0 Å². The van der Waals surface area contributed by atoms with Crippen LogP contribution in [0.25, 0.3) is 0 Å². The summed E-state index contributed by atoms with van der Waals surface area (Å²) in [6.45, 7) is 6.39. The van der Waals surface area contributed by atoms with Crippen LogP contribution in [0.5, 0.6) is 0 Å². The van der Waals surface area contributed by atoms with Gasteiger partial charge in [0.15, 0.2) is 0 Å². The molecule has 0 aliphatic heterocycles. The lowest BCUT2D eigenvalue weighted by molar-refractivity contribution is 0.0297. The molecule has 23 heavy (non-hydrogen) atoms. The van der Waals surface area contributed by atoms with Crippen LogP contribution in [-0.4, -0.2) is 42.6 Å². The van der Waals surface area contributed by atoms with Gasteiger partial charge in [0, 0.05) is 25.7 Å². The predicted octanol–water partition coefficient (Wildman–Crippen LogP) is 2.55. The van der Waals surface area contributed by atoms with E-state index in [4.69, 9.17) is 10.00 Å². The van der Waals surface area contributed by atoms with Crippen molar-refractivity contribution >= 4 is 12.0 Å². The summed E-state index contributed by atoms with van der Waals surface area (Å²) in [6.07, 6.45) is 0.244. The van der Waals surface area contributed by atoms with E-state index < -0.39 is 5.60 Å². The minimum atomic E-state index is -0.519. The van der Waals surface area contributed by atoms with Gasteiger partial charge in [-0.25, -0.2) is 4.79 Å². The van der Waals surface area contributed by atoms with E-state index in [1.165, 1.54) is 4.90 Å². The minimum Gasteiger partial charge on any atom is -0.444 e. The second-order valence-corrected chi connectivity index (χ2v) is 6.20. The summed E-state index contributed by atoms with van der Waals surface area (Å²) in [5, 5.41) is 11.5. The standard InChI is InChI=1S/C17H23N3O3/c1-17(2,3)23-16(22)20(4)11-5-10-19-15(21)14-8-6-13(12-18)7-9-14/h6-9H,5,10-11H2,1-4H3,(H,19,21). The molecule has 124 valence electrons. The van der Waals surface area contributed by atoms with Crippen LogP contribution in [-0.2, 0) is 4.74 Å². The Morgan fingerprint density at radius 3 is 2.39 bits per heavy atom. The van der Waals surface area contributed by atoms with E-state index in [0.29, 0.717) is 30.6 Å². The van der Waals surface area contributed by atoms with Gasteiger partial charge in [-0.05, 0) is 51.5 Å². The first kappa shape index (κ1) is 18.5. The summed E-state index contributed by atoms with van der Waals surface area (Å²) in [5.74, 6) is -0.200. The SMILES string of the molecule is CN(CCCNC(=O)c1ccc(C#N)cc1)C(=O)OC(C)(C)C. The number of nitriles is 1. The number of nitrogens with one attached hydrogen (secondary N) is 1. The molecular formula is C17H23N3O3. The predicted molar refractivity (Wildman–Crippen MR) is 87.0 cm³/mol. The van der Waals surface area contributed by atoms with Gasteiger partial charge in [0.25, 0.3) is 5.91 Å². The fraction of sp³-hybridized carbons (Fsp3) is 0.471. The molecule has 0 atom stereocenters. The van der Waals surface area contributed by atoms with Gasteiger partial charge in [-0.2, -0.15) is 5.26 Å². The van der Waals surface area contributed by atoms with Gasteiger partial charge in [0.1, 0.15) is 5.60 Å². The molecule has 0 spiro atoms. The molecule has 0 saturated carbocycles. The monoisotopic (exact) mass is 317 g/mol. The number of amides is 2. The van der Waals surface area contributed by atoms with E-state index in [1.54, 1.807) is 31.3 Å². The van der Waals surface area contributed by atoms with E-state index in [-0.39, 0.29) is 12.0 Å². The molecule has 0 bridgehead atoms. The Morgan fingerprint density at radius 2 is 1.87 bits per heavy atom.